The minimum absolute atomic E-state index is 0.0230. The van der Waals surface area contributed by atoms with E-state index in [0.717, 1.165) is 38.4 Å². The molecular weight excluding hydrogens is 390 g/mol. The van der Waals surface area contributed by atoms with Crippen LogP contribution in [0.4, 0.5) is 4.79 Å². The van der Waals surface area contributed by atoms with Gasteiger partial charge in [0.15, 0.2) is 0 Å². The molecule has 0 radical (unpaired) electrons. The Morgan fingerprint density at radius 1 is 1.06 bits per heavy atom. The first kappa shape index (κ1) is 23.6. The first-order valence-electron chi connectivity index (χ1n) is 11.8. The Labute approximate surface area is 187 Å². The van der Waals surface area contributed by atoms with Gasteiger partial charge in [-0.2, -0.15) is 0 Å². The summed E-state index contributed by atoms with van der Waals surface area (Å²) < 4.78 is 5.48. The normalized spacial score (nSPS) is 21.0. The Kier molecular flexibility index (Phi) is 7.98. The number of carbonyl (C=O) groups excluding carboxylic acids is 2. The summed E-state index contributed by atoms with van der Waals surface area (Å²) in [6, 6.07) is 8.39. The molecule has 0 aromatic heterocycles. The lowest BCUT2D eigenvalue weighted by Crippen LogP contribution is -2.47. The lowest BCUT2D eigenvalue weighted by atomic mass is 9.97. The Morgan fingerprint density at radius 2 is 1.74 bits per heavy atom. The summed E-state index contributed by atoms with van der Waals surface area (Å²) >= 11 is 0. The van der Waals surface area contributed by atoms with Crippen LogP contribution in [-0.2, 0) is 22.6 Å². The van der Waals surface area contributed by atoms with E-state index in [0.29, 0.717) is 19.6 Å². The van der Waals surface area contributed by atoms with Crippen molar-refractivity contribution in [2.75, 3.05) is 26.2 Å². The standard InChI is InChI=1S/C25H39N3O3/c1-19-11-14-27(15-12-19)17-21-9-6-5-8-20(21)16-26-23(29)22-10-7-13-28(18-22)24(30)31-25(2,3)4/h5-6,8-9,19,22H,7,10-18H2,1-4H3,(H,26,29). The molecule has 172 valence electrons. The Hall–Kier alpha value is -2.08. The predicted molar refractivity (Wildman–Crippen MR) is 122 cm³/mol. The van der Waals surface area contributed by atoms with Crippen LogP contribution in [0.15, 0.2) is 24.3 Å². The summed E-state index contributed by atoms with van der Waals surface area (Å²) in [5.41, 5.74) is 1.94. The van der Waals surface area contributed by atoms with Gasteiger partial charge in [0.25, 0.3) is 0 Å². The van der Waals surface area contributed by atoms with E-state index in [1.54, 1.807) is 4.90 Å². The number of hydrogen-bond acceptors (Lipinski definition) is 4. The predicted octanol–water partition coefficient (Wildman–Crippen LogP) is 4.18. The minimum atomic E-state index is -0.525. The third-order valence-electron chi connectivity index (χ3n) is 6.29. The average Bonchev–Trinajstić information content (AvgIpc) is 2.73. The van der Waals surface area contributed by atoms with Crippen molar-refractivity contribution < 1.29 is 14.3 Å². The topological polar surface area (TPSA) is 61.9 Å². The van der Waals surface area contributed by atoms with E-state index < -0.39 is 5.60 Å². The molecule has 0 aliphatic carbocycles. The second-order valence-corrected chi connectivity index (χ2v) is 10.2. The number of piperidine rings is 2. The van der Waals surface area contributed by atoms with Crippen molar-refractivity contribution in [3.63, 3.8) is 0 Å². The summed E-state index contributed by atoms with van der Waals surface area (Å²) in [6.07, 6.45) is 3.81. The van der Waals surface area contributed by atoms with Gasteiger partial charge in [-0.15, -0.1) is 0 Å². The van der Waals surface area contributed by atoms with Crippen LogP contribution in [0, 0.1) is 11.8 Å². The molecule has 1 unspecified atom stereocenters. The molecule has 2 aliphatic heterocycles. The highest BCUT2D eigenvalue weighted by Gasteiger charge is 2.31. The first-order chi connectivity index (χ1) is 14.7. The maximum Gasteiger partial charge on any atom is 0.410 e. The lowest BCUT2D eigenvalue weighted by Gasteiger charge is -2.33. The van der Waals surface area contributed by atoms with Crippen LogP contribution in [-0.4, -0.2) is 53.6 Å². The second kappa shape index (κ2) is 10.5. The van der Waals surface area contributed by atoms with Crippen LogP contribution in [0.3, 0.4) is 0 Å². The number of nitrogens with zero attached hydrogens (tertiary/aromatic N) is 2. The van der Waals surface area contributed by atoms with Gasteiger partial charge < -0.3 is 15.0 Å². The smallest absolute Gasteiger partial charge is 0.410 e. The number of amides is 2. The molecule has 2 saturated heterocycles. The quantitative estimate of drug-likeness (QED) is 0.763. The molecule has 1 N–H and O–H groups in total. The molecule has 2 heterocycles. The first-order valence-corrected chi connectivity index (χ1v) is 11.8. The fourth-order valence-corrected chi connectivity index (χ4v) is 4.36. The molecule has 3 rings (SSSR count). The zero-order valence-corrected chi connectivity index (χ0v) is 19.7. The molecule has 0 bridgehead atoms. The van der Waals surface area contributed by atoms with E-state index in [2.05, 4.69) is 35.3 Å². The largest absolute Gasteiger partial charge is 0.444 e. The molecule has 2 fully saturated rings. The molecule has 6 heteroatoms. The van der Waals surface area contributed by atoms with Gasteiger partial charge in [-0.3, -0.25) is 9.69 Å². The van der Waals surface area contributed by atoms with E-state index in [-0.39, 0.29) is 17.9 Å². The Balaban J connectivity index is 1.53. The highest BCUT2D eigenvalue weighted by atomic mass is 16.6. The van der Waals surface area contributed by atoms with Gasteiger partial charge in [-0.05, 0) is 76.6 Å². The van der Waals surface area contributed by atoms with Gasteiger partial charge in [0, 0.05) is 26.2 Å². The van der Waals surface area contributed by atoms with Crippen molar-refractivity contribution in [2.24, 2.45) is 11.8 Å². The highest BCUT2D eigenvalue weighted by Crippen LogP contribution is 2.21. The molecule has 0 spiro atoms. The van der Waals surface area contributed by atoms with Crippen molar-refractivity contribution >= 4 is 12.0 Å². The summed E-state index contributed by atoms with van der Waals surface area (Å²) in [5.74, 6) is 0.661. The van der Waals surface area contributed by atoms with Crippen LogP contribution in [0.2, 0.25) is 0 Å². The lowest BCUT2D eigenvalue weighted by molar-refractivity contribution is -0.126. The monoisotopic (exact) mass is 429 g/mol. The van der Waals surface area contributed by atoms with E-state index >= 15 is 0 Å². The second-order valence-electron chi connectivity index (χ2n) is 10.2. The molecular formula is C25H39N3O3. The fourth-order valence-electron chi connectivity index (χ4n) is 4.36. The summed E-state index contributed by atoms with van der Waals surface area (Å²) in [6.45, 7) is 12.7. The van der Waals surface area contributed by atoms with E-state index in [1.165, 1.54) is 24.0 Å². The van der Waals surface area contributed by atoms with Crippen molar-refractivity contribution in [1.29, 1.82) is 0 Å². The number of nitrogens with one attached hydrogen (secondary N) is 1. The molecule has 2 amide bonds. The third-order valence-corrected chi connectivity index (χ3v) is 6.29. The molecule has 6 nitrogen and oxygen atoms in total. The zero-order valence-electron chi connectivity index (χ0n) is 19.7. The Morgan fingerprint density at radius 3 is 2.42 bits per heavy atom. The summed E-state index contributed by atoms with van der Waals surface area (Å²) in [4.78, 5) is 29.4. The minimum Gasteiger partial charge on any atom is -0.444 e. The van der Waals surface area contributed by atoms with Gasteiger partial charge in [0.2, 0.25) is 5.91 Å². The molecule has 1 aromatic carbocycles. The van der Waals surface area contributed by atoms with E-state index in [9.17, 15) is 9.59 Å². The number of carbonyl (C=O) groups is 2. The van der Waals surface area contributed by atoms with E-state index in [1.807, 2.05) is 26.8 Å². The molecule has 2 aliphatic rings. The number of likely N-dealkylation sites (tertiary alicyclic amines) is 2. The maximum absolute atomic E-state index is 12.9. The third kappa shape index (κ3) is 7.23. The SMILES string of the molecule is CC1CCN(Cc2ccccc2CNC(=O)C2CCCN(C(=O)OC(C)(C)C)C2)CC1. The summed E-state index contributed by atoms with van der Waals surface area (Å²) in [7, 11) is 0. The molecule has 1 aromatic rings. The van der Waals surface area contributed by atoms with E-state index in [4.69, 9.17) is 4.74 Å². The van der Waals surface area contributed by atoms with Gasteiger partial charge >= 0.3 is 6.09 Å². The zero-order chi connectivity index (χ0) is 22.4. The van der Waals surface area contributed by atoms with Crippen molar-refractivity contribution in [2.45, 2.75) is 72.1 Å². The van der Waals surface area contributed by atoms with Crippen LogP contribution in [0.25, 0.3) is 0 Å². The van der Waals surface area contributed by atoms with Gasteiger partial charge in [-0.25, -0.2) is 4.79 Å². The molecule has 1 atom stereocenters. The van der Waals surface area contributed by atoms with Gasteiger partial charge in [0.05, 0.1) is 5.92 Å². The van der Waals surface area contributed by atoms with Crippen LogP contribution in [0.5, 0.6) is 0 Å². The maximum atomic E-state index is 12.9. The Bertz CT molecular complexity index is 751. The van der Waals surface area contributed by atoms with Crippen LogP contribution < -0.4 is 5.32 Å². The van der Waals surface area contributed by atoms with Crippen LogP contribution >= 0.6 is 0 Å². The highest BCUT2D eigenvalue weighted by molar-refractivity contribution is 5.80. The van der Waals surface area contributed by atoms with Crippen LogP contribution in [0.1, 0.15) is 64.5 Å². The molecule has 0 saturated carbocycles. The van der Waals surface area contributed by atoms with Gasteiger partial charge in [-0.1, -0.05) is 31.2 Å². The van der Waals surface area contributed by atoms with Crippen molar-refractivity contribution in [1.82, 2.24) is 15.1 Å². The van der Waals surface area contributed by atoms with Gasteiger partial charge in [0.1, 0.15) is 5.60 Å². The number of benzene rings is 1. The number of ether oxygens (including phenoxy) is 1. The number of hydrogen-bond donors (Lipinski definition) is 1. The van der Waals surface area contributed by atoms with Crippen molar-refractivity contribution in [3.05, 3.63) is 35.4 Å². The average molecular weight is 430 g/mol. The van der Waals surface area contributed by atoms with Crippen molar-refractivity contribution in [3.8, 4) is 0 Å². The summed E-state index contributed by atoms with van der Waals surface area (Å²) in [5, 5.41) is 3.12. The molecule has 31 heavy (non-hydrogen) atoms. The number of rotatable bonds is 5. The fraction of sp³-hybridized carbons (Fsp3) is 0.680.